The summed E-state index contributed by atoms with van der Waals surface area (Å²) in [4.78, 5) is 13.9. The number of dihydropyridines is 1. The van der Waals surface area contributed by atoms with Crippen molar-refractivity contribution in [3.05, 3.63) is 48.0 Å². The van der Waals surface area contributed by atoms with Gasteiger partial charge in [-0.2, -0.15) is 0 Å². The third-order valence-corrected chi connectivity index (χ3v) is 3.32. The number of hydrogen-bond acceptors (Lipinski definition) is 4. The number of ether oxygens (including phenoxy) is 1. The molecule has 0 spiro atoms. The third kappa shape index (κ3) is 3.98. The second kappa shape index (κ2) is 6.16. The van der Waals surface area contributed by atoms with Gasteiger partial charge < -0.3 is 10.1 Å². The molecule has 8 heteroatoms. The largest absolute Gasteiger partial charge is 0.444 e. The average Bonchev–Trinajstić information content (AvgIpc) is 2.42. The van der Waals surface area contributed by atoms with E-state index in [1.54, 1.807) is 20.8 Å². The summed E-state index contributed by atoms with van der Waals surface area (Å²) in [6.07, 6.45) is 3.54. The van der Waals surface area contributed by atoms with E-state index >= 15 is 0 Å². The Balaban J connectivity index is 2.32. The van der Waals surface area contributed by atoms with Crippen LogP contribution in [-0.4, -0.2) is 16.7 Å². The molecule has 2 rings (SSSR count). The zero-order chi connectivity index (χ0) is 17.3. The minimum atomic E-state index is -1.84. The van der Waals surface area contributed by atoms with Crippen molar-refractivity contribution in [3.8, 4) is 0 Å². The quantitative estimate of drug-likeness (QED) is 0.627. The Morgan fingerprint density at radius 3 is 2.74 bits per heavy atom. The average molecular weight is 344 g/mol. The van der Waals surface area contributed by atoms with E-state index in [0.29, 0.717) is 6.08 Å². The lowest BCUT2D eigenvalue weighted by Crippen LogP contribution is -2.37. The first kappa shape index (κ1) is 17.2. The van der Waals surface area contributed by atoms with Gasteiger partial charge in [0.05, 0.1) is 11.9 Å². The van der Waals surface area contributed by atoms with Gasteiger partial charge >= 0.3 is 6.09 Å². The van der Waals surface area contributed by atoms with Crippen LogP contribution in [0.4, 0.5) is 19.3 Å². The number of allylic oxidation sites excluding steroid dienone is 2. The van der Waals surface area contributed by atoms with Crippen molar-refractivity contribution in [2.24, 2.45) is 0 Å². The summed E-state index contributed by atoms with van der Waals surface area (Å²) in [7, 11) is 0. The van der Waals surface area contributed by atoms with Crippen molar-refractivity contribution in [1.29, 1.82) is 0 Å². The van der Waals surface area contributed by atoms with E-state index in [4.69, 9.17) is 16.3 Å². The van der Waals surface area contributed by atoms with E-state index in [-0.39, 0.29) is 11.3 Å². The number of rotatable bonds is 2. The molecule has 2 heterocycles. The predicted octanol–water partition coefficient (Wildman–Crippen LogP) is 4.09. The minimum Gasteiger partial charge on any atom is -0.444 e. The summed E-state index contributed by atoms with van der Waals surface area (Å²) in [5.74, 6) is -1.74. The van der Waals surface area contributed by atoms with Gasteiger partial charge in [0.2, 0.25) is 0 Å². The van der Waals surface area contributed by atoms with Gasteiger partial charge in [0, 0.05) is 24.0 Å². The number of anilines is 1. The first-order valence-corrected chi connectivity index (χ1v) is 7.14. The number of aromatic nitrogens is 1. The summed E-state index contributed by atoms with van der Waals surface area (Å²) in [5.41, 5.74) is -0.397. The van der Waals surface area contributed by atoms with Crippen molar-refractivity contribution >= 4 is 23.4 Å². The summed E-state index contributed by atoms with van der Waals surface area (Å²) in [6.45, 7) is 5.12. The summed E-state index contributed by atoms with van der Waals surface area (Å²) in [6, 6.07) is 1.41. The zero-order valence-electron chi connectivity index (χ0n) is 12.8. The number of carbonyl (C=O) groups is 1. The number of nitrogens with zero attached hydrogens (tertiary/aromatic N) is 1. The number of alkyl halides is 1. The molecule has 0 bridgehead atoms. The Kier molecular flexibility index (Phi) is 4.61. The standard InChI is InChI=1S/C15H16ClF2N3O2/c1-14(2,3)23-13(22)21-11-8-19-5-4-10(11)15(16)12(18)6-9(17)7-20-15/h4-8,20H,1-3H3,(H,21,22). The molecular formula is C15H16ClF2N3O2. The molecule has 124 valence electrons. The van der Waals surface area contributed by atoms with Crippen LogP contribution in [0.5, 0.6) is 0 Å². The van der Waals surface area contributed by atoms with Gasteiger partial charge in [-0.3, -0.25) is 10.3 Å². The monoisotopic (exact) mass is 343 g/mol. The van der Waals surface area contributed by atoms with Crippen molar-refractivity contribution < 1.29 is 18.3 Å². The minimum absolute atomic E-state index is 0.142. The molecule has 0 aliphatic carbocycles. The van der Waals surface area contributed by atoms with Crippen LogP contribution in [-0.2, 0) is 9.73 Å². The Hall–Kier alpha value is -2.15. The number of carbonyl (C=O) groups excluding carboxylic acids is 1. The maximum absolute atomic E-state index is 14.2. The molecular weight excluding hydrogens is 328 g/mol. The fourth-order valence-corrected chi connectivity index (χ4v) is 2.19. The Labute approximate surface area is 137 Å². The number of pyridine rings is 1. The van der Waals surface area contributed by atoms with Gasteiger partial charge in [0.1, 0.15) is 17.3 Å². The highest BCUT2D eigenvalue weighted by Gasteiger charge is 2.39. The van der Waals surface area contributed by atoms with Gasteiger partial charge in [-0.15, -0.1) is 0 Å². The molecule has 5 nitrogen and oxygen atoms in total. The number of halogens is 3. The maximum Gasteiger partial charge on any atom is 0.412 e. The van der Waals surface area contributed by atoms with Gasteiger partial charge in [-0.1, -0.05) is 11.6 Å². The lowest BCUT2D eigenvalue weighted by atomic mass is 10.0. The van der Waals surface area contributed by atoms with E-state index in [9.17, 15) is 13.6 Å². The van der Waals surface area contributed by atoms with E-state index in [0.717, 1.165) is 6.20 Å². The van der Waals surface area contributed by atoms with E-state index in [2.05, 4.69) is 15.6 Å². The maximum atomic E-state index is 14.2. The first-order chi connectivity index (χ1) is 10.6. The molecule has 1 aliphatic heterocycles. The fourth-order valence-electron chi connectivity index (χ4n) is 1.91. The Bertz CT molecular complexity index is 686. The van der Waals surface area contributed by atoms with Crippen LogP contribution < -0.4 is 10.6 Å². The van der Waals surface area contributed by atoms with Crippen molar-refractivity contribution in [3.63, 3.8) is 0 Å². The second-order valence-electron chi connectivity index (χ2n) is 5.87. The van der Waals surface area contributed by atoms with Gasteiger partial charge in [0.15, 0.2) is 5.00 Å². The van der Waals surface area contributed by atoms with Crippen LogP contribution in [0.2, 0.25) is 0 Å². The number of nitrogens with one attached hydrogen (secondary N) is 2. The highest BCUT2D eigenvalue weighted by Crippen LogP contribution is 2.41. The van der Waals surface area contributed by atoms with Gasteiger partial charge in [0.25, 0.3) is 0 Å². The van der Waals surface area contributed by atoms with Crippen LogP contribution in [0.1, 0.15) is 26.3 Å². The Morgan fingerprint density at radius 1 is 1.43 bits per heavy atom. The molecule has 0 saturated carbocycles. The van der Waals surface area contributed by atoms with E-state index in [1.807, 2.05) is 0 Å². The second-order valence-corrected chi connectivity index (χ2v) is 6.44. The summed E-state index contributed by atoms with van der Waals surface area (Å²) in [5, 5.41) is 4.90. The van der Waals surface area contributed by atoms with Crippen LogP contribution in [0.25, 0.3) is 0 Å². The van der Waals surface area contributed by atoms with Crippen molar-refractivity contribution in [2.75, 3.05) is 5.32 Å². The fraction of sp³-hybridized carbons (Fsp3) is 0.333. The molecule has 0 radical (unpaired) electrons. The van der Waals surface area contributed by atoms with E-state index < -0.39 is 28.3 Å². The normalized spacial score (nSPS) is 21.0. The predicted molar refractivity (Wildman–Crippen MR) is 83.1 cm³/mol. The topological polar surface area (TPSA) is 63.2 Å². The molecule has 1 aliphatic rings. The highest BCUT2D eigenvalue weighted by molar-refractivity contribution is 6.26. The smallest absolute Gasteiger partial charge is 0.412 e. The Morgan fingerprint density at radius 2 is 2.13 bits per heavy atom. The third-order valence-electron chi connectivity index (χ3n) is 2.83. The lowest BCUT2D eigenvalue weighted by Gasteiger charge is -2.30. The van der Waals surface area contributed by atoms with Crippen LogP contribution in [0.3, 0.4) is 0 Å². The highest BCUT2D eigenvalue weighted by atomic mass is 35.5. The number of hydrogen-bond donors (Lipinski definition) is 2. The van der Waals surface area contributed by atoms with Crippen LogP contribution >= 0.6 is 11.6 Å². The summed E-state index contributed by atoms with van der Waals surface area (Å²) >= 11 is 6.25. The molecule has 0 aromatic carbocycles. The number of amides is 1. The lowest BCUT2D eigenvalue weighted by molar-refractivity contribution is 0.0635. The molecule has 0 saturated heterocycles. The van der Waals surface area contributed by atoms with Gasteiger partial charge in [-0.25, -0.2) is 13.6 Å². The van der Waals surface area contributed by atoms with Crippen molar-refractivity contribution in [1.82, 2.24) is 10.3 Å². The SMILES string of the molecule is CC(C)(C)OC(=O)Nc1cnccc1C1(Cl)NC=C(F)C=C1F. The molecule has 0 fully saturated rings. The summed E-state index contributed by atoms with van der Waals surface area (Å²) < 4.78 is 32.4. The molecule has 23 heavy (non-hydrogen) atoms. The molecule has 1 aromatic rings. The first-order valence-electron chi connectivity index (χ1n) is 6.76. The molecule has 1 amide bonds. The molecule has 1 unspecified atom stereocenters. The van der Waals surface area contributed by atoms with Crippen LogP contribution in [0.15, 0.2) is 42.4 Å². The van der Waals surface area contributed by atoms with Crippen molar-refractivity contribution in [2.45, 2.75) is 31.4 Å². The van der Waals surface area contributed by atoms with Crippen LogP contribution in [0, 0.1) is 0 Å². The van der Waals surface area contributed by atoms with E-state index in [1.165, 1.54) is 18.5 Å². The molecule has 1 atom stereocenters. The zero-order valence-corrected chi connectivity index (χ0v) is 13.5. The van der Waals surface area contributed by atoms with Gasteiger partial charge in [-0.05, 0) is 26.8 Å². The molecule has 2 N–H and O–H groups in total. The molecule has 1 aromatic heterocycles.